The van der Waals surface area contributed by atoms with Crippen molar-refractivity contribution in [1.82, 2.24) is 0 Å². The Morgan fingerprint density at radius 1 is 0.961 bits per heavy atom. The molecular weight excluding hydrogens is 656 g/mol. The summed E-state index contributed by atoms with van der Waals surface area (Å²) in [6.45, 7) is 14.8. The number of hydrogen-bond acceptors (Lipinski definition) is 11. The summed E-state index contributed by atoms with van der Waals surface area (Å²) in [7, 11) is 1.30. The molecule has 6 fully saturated rings. The molecular formula is C40H56O11. The molecule has 4 unspecified atom stereocenters. The fourth-order valence-corrected chi connectivity index (χ4v) is 13.0. The van der Waals surface area contributed by atoms with Gasteiger partial charge in [-0.05, 0) is 80.6 Å². The van der Waals surface area contributed by atoms with Gasteiger partial charge in [0.25, 0.3) is 0 Å². The number of methoxy groups -OCH3 is 1. The van der Waals surface area contributed by atoms with Crippen LogP contribution < -0.4 is 0 Å². The maximum Gasteiger partial charge on any atom is 0.341 e. The molecule has 0 aromatic heterocycles. The van der Waals surface area contributed by atoms with Crippen LogP contribution in [0, 0.1) is 45.3 Å². The summed E-state index contributed by atoms with van der Waals surface area (Å²) in [5.74, 6) is -2.25. The summed E-state index contributed by atoms with van der Waals surface area (Å²) < 4.78 is 43.0. The van der Waals surface area contributed by atoms with Crippen molar-refractivity contribution in [3.8, 4) is 0 Å². The number of benzene rings is 1. The fraction of sp³-hybridized carbons (Fsp3) is 0.775. The Balaban J connectivity index is 1.26. The lowest BCUT2D eigenvalue weighted by Crippen LogP contribution is -2.82. The number of fused-ring (bicyclic) bond motifs is 9. The van der Waals surface area contributed by atoms with Gasteiger partial charge in [-0.15, -0.1) is 0 Å². The van der Waals surface area contributed by atoms with Gasteiger partial charge in [-0.1, -0.05) is 51.1 Å². The molecule has 4 aliphatic carbocycles. The van der Waals surface area contributed by atoms with E-state index in [0.717, 1.165) is 24.8 Å². The molecule has 1 N–H and O–H groups in total. The van der Waals surface area contributed by atoms with Crippen LogP contribution in [0.3, 0.4) is 0 Å². The van der Waals surface area contributed by atoms with E-state index >= 15 is 0 Å². The second-order valence-corrected chi connectivity index (χ2v) is 17.2. The van der Waals surface area contributed by atoms with E-state index in [9.17, 15) is 19.5 Å². The van der Waals surface area contributed by atoms with Crippen LogP contribution >= 0.6 is 0 Å². The highest BCUT2D eigenvalue weighted by atomic mass is 16.7. The Bertz CT molecular complexity index is 1530. The molecule has 11 heteroatoms. The van der Waals surface area contributed by atoms with E-state index in [0.29, 0.717) is 32.7 Å². The van der Waals surface area contributed by atoms with E-state index in [-0.39, 0.29) is 41.5 Å². The second kappa shape index (κ2) is 12.5. The van der Waals surface area contributed by atoms with Crippen LogP contribution in [0.2, 0.25) is 0 Å². The Labute approximate surface area is 301 Å². The minimum absolute atomic E-state index is 0.0525. The molecule has 1 aromatic rings. The summed E-state index contributed by atoms with van der Waals surface area (Å²) in [6.07, 6.45) is 0.469. The molecule has 7 rings (SSSR count). The Morgan fingerprint density at radius 3 is 2.29 bits per heavy atom. The quantitative estimate of drug-likeness (QED) is 0.122. The normalized spacial score (nSPS) is 47.0. The van der Waals surface area contributed by atoms with E-state index in [1.54, 1.807) is 6.92 Å². The van der Waals surface area contributed by atoms with Crippen LogP contribution in [0.1, 0.15) is 86.1 Å². The van der Waals surface area contributed by atoms with Crippen molar-refractivity contribution >= 4 is 17.9 Å². The highest BCUT2D eigenvalue weighted by Gasteiger charge is 2.90. The molecule has 4 saturated carbocycles. The summed E-state index contributed by atoms with van der Waals surface area (Å²) in [5.41, 5.74) is -4.88. The molecule has 1 aromatic carbocycles. The average molecular weight is 713 g/mol. The van der Waals surface area contributed by atoms with Gasteiger partial charge in [0.2, 0.25) is 5.60 Å². The van der Waals surface area contributed by atoms with Crippen LogP contribution in [0.25, 0.3) is 0 Å². The number of esters is 3. The Hall–Kier alpha value is -2.57. The van der Waals surface area contributed by atoms with Crippen molar-refractivity contribution in [2.24, 2.45) is 45.3 Å². The van der Waals surface area contributed by atoms with Crippen molar-refractivity contribution in [2.45, 2.75) is 123 Å². The first-order chi connectivity index (χ1) is 24.1. The lowest BCUT2D eigenvalue weighted by molar-refractivity contribution is -0.341. The van der Waals surface area contributed by atoms with E-state index in [1.807, 2.05) is 37.3 Å². The average Bonchev–Trinajstić information content (AvgIpc) is 3.71. The summed E-state index contributed by atoms with van der Waals surface area (Å²) in [5, 5.41) is 13.4. The molecule has 2 aliphatic heterocycles. The largest absolute Gasteiger partial charge is 0.467 e. The fourth-order valence-electron chi connectivity index (χ4n) is 13.0. The van der Waals surface area contributed by atoms with Gasteiger partial charge in [-0.2, -0.15) is 0 Å². The van der Waals surface area contributed by atoms with E-state index in [1.165, 1.54) is 21.0 Å². The molecule has 0 radical (unpaired) electrons. The van der Waals surface area contributed by atoms with Gasteiger partial charge < -0.3 is 38.3 Å². The molecule has 282 valence electrons. The van der Waals surface area contributed by atoms with Gasteiger partial charge in [0.15, 0.2) is 6.10 Å². The van der Waals surface area contributed by atoms with Crippen molar-refractivity contribution < 1.29 is 52.6 Å². The summed E-state index contributed by atoms with van der Waals surface area (Å²) in [6, 6.07) is 10.0. The van der Waals surface area contributed by atoms with Gasteiger partial charge in [0.1, 0.15) is 19.0 Å². The van der Waals surface area contributed by atoms with Crippen molar-refractivity contribution in [3.05, 3.63) is 35.9 Å². The van der Waals surface area contributed by atoms with E-state index in [4.69, 9.17) is 33.2 Å². The smallest absolute Gasteiger partial charge is 0.341 e. The maximum atomic E-state index is 13.8. The molecule has 0 spiro atoms. The highest BCUT2D eigenvalue weighted by molar-refractivity contribution is 5.86. The number of carbonyl (C=O) groups excluding carboxylic acids is 3. The zero-order valence-electron chi connectivity index (χ0n) is 31.4. The number of epoxide rings is 1. The number of aliphatic hydroxyl groups is 1. The first kappa shape index (κ1) is 36.8. The summed E-state index contributed by atoms with van der Waals surface area (Å²) >= 11 is 0. The van der Waals surface area contributed by atoms with Crippen LogP contribution in [-0.2, 0) is 54.1 Å². The Kier molecular flexibility index (Phi) is 9.02. The van der Waals surface area contributed by atoms with Crippen molar-refractivity contribution in [1.29, 1.82) is 0 Å². The molecule has 0 bridgehead atoms. The number of hydrogen-bond donors (Lipinski definition) is 1. The third-order valence-corrected chi connectivity index (χ3v) is 15.2. The number of ether oxygens (including phenoxy) is 7. The summed E-state index contributed by atoms with van der Waals surface area (Å²) in [4.78, 5) is 39.9. The maximum absolute atomic E-state index is 13.8. The third-order valence-electron chi connectivity index (χ3n) is 15.2. The molecule has 2 heterocycles. The monoisotopic (exact) mass is 712 g/mol. The van der Waals surface area contributed by atoms with Crippen LogP contribution in [0.5, 0.6) is 0 Å². The second-order valence-electron chi connectivity index (χ2n) is 17.2. The van der Waals surface area contributed by atoms with Gasteiger partial charge in [0.05, 0.1) is 44.1 Å². The third kappa shape index (κ3) is 4.89. The first-order valence-corrected chi connectivity index (χ1v) is 18.7. The van der Waals surface area contributed by atoms with Gasteiger partial charge in [0, 0.05) is 24.7 Å². The Morgan fingerprint density at radius 2 is 1.63 bits per heavy atom. The zero-order chi connectivity index (χ0) is 36.8. The topological polar surface area (TPSA) is 139 Å². The molecule has 0 amide bonds. The SMILES string of the molecule is COC(=O)[C@@]12O[C@@H]1C(C)C[C@@]1(O)C3CC[C@]4(C)C(CC[C@@]5(C(C)OCOCc6ccccc6)COC[C@H]54)[C@@]3(C)[C@H](OC(C)=O)[C@H](OC(C)=O)[C@]12C. The van der Waals surface area contributed by atoms with E-state index in [2.05, 4.69) is 20.8 Å². The van der Waals surface area contributed by atoms with Crippen LogP contribution in [-0.4, -0.2) is 85.7 Å². The van der Waals surface area contributed by atoms with Gasteiger partial charge in [-0.25, -0.2) is 4.79 Å². The van der Waals surface area contributed by atoms with Gasteiger partial charge >= 0.3 is 17.9 Å². The molecule has 14 atom stereocenters. The zero-order valence-corrected chi connectivity index (χ0v) is 31.4. The minimum atomic E-state index is -1.56. The van der Waals surface area contributed by atoms with Crippen molar-refractivity contribution in [2.75, 3.05) is 27.1 Å². The standard InChI is InChI=1S/C40H56O11/c1-23-18-39(44)29-14-16-35(5)28(15-17-38(21-46-20-30(35)38)24(2)48-22-47-19-27-12-10-9-11-13-27)36(29,6)32(49-25(3)41)33(50-26(4)42)37(39,7)40(31(23)51-40)34(43)45-8/h9-13,23-24,28-33,44H,14-22H2,1-8H3/t23?,24?,28?,29?,30-,31+,32+,33-,35+,36+,37+,38-,39+,40-/m0/s1. The molecule has 2 saturated heterocycles. The lowest BCUT2D eigenvalue weighted by atomic mass is 9.32. The lowest BCUT2D eigenvalue weighted by Gasteiger charge is -2.73. The molecule has 11 nitrogen and oxygen atoms in total. The van der Waals surface area contributed by atoms with Crippen LogP contribution in [0.4, 0.5) is 0 Å². The number of carbonyl (C=O) groups is 3. The van der Waals surface area contributed by atoms with Gasteiger partial charge in [-0.3, -0.25) is 9.59 Å². The van der Waals surface area contributed by atoms with Crippen molar-refractivity contribution in [3.63, 3.8) is 0 Å². The number of rotatable bonds is 9. The highest BCUT2D eigenvalue weighted by Crippen LogP contribution is 2.78. The predicted molar refractivity (Wildman–Crippen MR) is 183 cm³/mol. The van der Waals surface area contributed by atoms with Crippen LogP contribution in [0.15, 0.2) is 30.3 Å². The first-order valence-electron chi connectivity index (χ1n) is 18.7. The molecule has 6 aliphatic rings. The minimum Gasteiger partial charge on any atom is -0.467 e. The van der Waals surface area contributed by atoms with E-state index < -0.39 is 64.2 Å². The molecule has 51 heavy (non-hydrogen) atoms. The predicted octanol–water partition coefficient (Wildman–Crippen LogP) is 5.00.